The highest BCUT2D eigenvalue weighted by Crippen LogP contribution is 2.55. The summed E-state index contributed by atoms with van der Waals surface area (Å²) in [7, 11) is -3.44. The van der Waals surface area contributed by atoms with Crippen molar-refractivity contribution in [1.29, 1.82) is 0 Å². The molecule has 3 fully saturated rings. The van der Waals surface area contributed by atoms with E-state index in [1.54, 1.807) is 0 Å². The molecule has 2 bridgehead atoms. The first-order chi connectivity index (χ1) is 9.26. The van der Waals surface area contributed by atoms with E-state index in [-0.39, 0.29) is 29.2 Å². The van der Waals surface area contributed by atoms with Crippen molar-refractivity contribution in [2.24, 2.45) is 17.3 Å². The second kappa shape index (κ2) is 4.44. The van der Waals surface area contributed by atoms with Gasteiger partial charge in [-0.1, -0.05) is 13.3 Å². The Morgan fingerprint density at radius 1 is 1.35 bits per heavy atom. The number of hydrogen-bond donors (Lipinski definition) is 0. The van der Waals surface area contributed by atoms with Crippen LogP contribution in [-0.4, -0.2) is 31.8 Å². The van der Waals surface area contributed by atoms with Crippen LogP contribution in [0.4, 0.5) is 0 Å². The minimum Gasteiger partial charge on any atom is -0.459 e. The molecule has 3 rings (SSSR count). The Bertz CT molecular complexity index is 524. The maximum atomic E-state index is 12.3. The van der Waals surface area contributed by atoms with Gasteiger partial charge in [0.05, 0.1) is 10.7 Å². The molecule has 0 radical (unpaired) electrons. The van der Waals surface area contributed by atoms with Gasteiger partial charge in [0, 0.05) is 11.8 Å². The zero-order chi connectivity index (χ0) is 14.7. The van der Waals surface area contributed by atoms with Gasteiger partial charge in [-0.25, -0.2) is 0 Å². The molecule has 5 unspecified atom stereocenters. The minimum absolute atomic E-state index is 0.0251. The Morgan fingerprint density at radius 3 is 2.70 bits per heavy atom. The van der Waals surface area contributed by atoms with Crippen LogP contribution in [-0.2, 0) is 23.8 Å². The van der Waals surface area contributed by atoms with Crippen molar-refractivity contribution >= 4 is 16.1 Å². The Kier molecular flexibility index (Phi) is 3.18. The number of ether oxygens (including phenoxy) is 1. The van der Waals surface area contributed by atoms with Gasteiger partial charge >= 0.3 is 5.97 Å². The fourth-order valence-corrected chi connectivity index (χ4v) is 5.94. The van der Waals surface area contributed by atoms with E-state index in [4.69, 9.17) is 8.92 Å². The van der Waals surface area contributed by atoms with E-state index in [2.05, 4.69) is 0 Å². The van der Waals surface area contributed by atoms with Crippen LogP contribution in [0.1, 0.15) is 46.5 Å². The summed E-state index contributed by atoms with van der Waals surface area (Å²) < 4.78 is 34.6. The summed E-state index contributed by atoms with van der Waals surface area (Å²) in [5, 5.41) is -0.365. The van der Waals surface area contributed by atoms with Crippen molar-refractivity contribution in [3.05, 3.63) is 0 Å². The summed E-state index contributed by atoms with van der Waals surface area (Å²) in [5.74, 6) is -0.0629. The van der Waals surface area contributed by atoms with E-state index in [0.29, 0.717) is 6.42 Å². The third-order valence-electron chi connectivity index (χ3n) is 5.08. The Morgan fingerprint density at radius 2 is 2.05 bits per heavy atom. The Hall–Kier alpha value is -0.620. The molecule has 3 aliphatic rings. The van der Waals surface area contributed by atoms with Crippen LogP contribution in [0.15, 0.2) is 0 Å². The van der Waals surface area contributed by atoms with Crippen LogP contribution >= 0.6 is 0 Å². The molecule has 0 spiro atoms. The zero-order valence-corrected chi connectivity index (χ0v) is 13.0. The largest absolute Gasteiger partial charge is 0.459 e. The Labute approximate surface area is 120 Å². The lowest BCUT2D eigenvalue weighted by Crippen LogP contribution is -2.40. The van der Waals surface area contributed by atoms with Gasteiger partial charge in [-0.2, -0.15) is 8.42 Å². The number of esters is 1. The van der Waals surface area contributed by atoms with Gasteiger partial charge in [0.1, 0.15) is 12.2 Å². The van der Waals surface area contributed by atoms with Crippen LogP contribution in [0.25, 0.3) is 0 Å². The molecule has 5 nitrogen and oxygen atoms in total. The third kappa shape index (κ3) is 1.99. The SMILES string of the molecule is CCCC(C)(C)C(=O)OC1C2CC3C1OS(=O)(=O)C3C2. The number of carbonyl (C=O) groups excluding carboxylic acids is 1. The smallest absolute Gasteiger partial charge is 0.311 e. The second-order valence-corrected chi connectivity index (χ2v) is 8.77. The fraction of sp³-hybridized carbons (Fsp3) is 0.929. The van der Waals surface area contributed by atoms with Gasteiger partial charge in [0.25, 0.3) is 10.1 Å². The number of rotatable bonds is 4. The van der Waals surface area contributed by atoms with Crippen molar-refractivity contribution in [3.63, 3.8) is 0 Å². The first-order valence-corrected chi connectivity index (χ1v) is 8.86. The van der Waals surface area contributed by atoms with Crippen LogP contribution < -0.4 is 0 Å². The molecule has 0 amide bonds. The average Bonchev–Trinajstić information content (AvgIpc) is 2.92. The van der Waals surface area contributed by atoms with Crippen molar-refractivity contribution in [2.75, 3.05) is 0 Å². The van der Waals surface area contributed by atoms with Gasteiger partial charge in [0.2, 0.25) is 0 Å². The summed E-state index contributed by atoms with van der Waals surface area (Å²) in [5.41, 5.74) is -0.520. The molecule has 1 saturated heterocycles. The summed E-state index contributed by atoms with van der Waals surface area (Å²) in [6, 6.07) is 0. The van der Waals surface area contributed by atoms with Crippen LogP contribution in [0.5, 0.6) is 0 Å². The first-order valence-electron chi connectivity index (χ1n) is 7.39. The standard InChI is InChI=1S/C14H22O5S/c1-4-5-14(2,3)13(15)18-11-8-6-9-10(7-8)20(16,17)19-12(9)11/h8-12H,4-7H2,1-3H3. The molecule has 0 aromatic rings. The molecule has 1 aliphatic heterocycles. The first kappa shape index (κ1) is 14.3. The molecule has 0 aromatic heterocycles. The molecule has 5 atom stereocenters. The highest BCUT2D eigenvalue weighted by molar-refractivity contribution is 7.87. The quantitative estimate of drug-likeness (QED) is 0.585. The molecular formula is C14H22O5S. The molecule has 2 saturated carbocycles. The van der Waals surface area contributed by atoms with Gasteiger partial charge < -0.3 is 4.74 Å². The molecule has 1 heterocycles. The van der Waals surface area contributed by atoms with E-state index in [0.717, 1.165) is 19.3 Å². The summed E-state index contributed by atoms with van der Waals surface area (Å²) in [6.45, 7) is 5.78. The van der Waals surface area contributed by atoms with E-state index in [1.807, 2.05) is 20.8 Å². The lowest BCUT2D eigenvalue weighted by molar-refractivity contribution is -0.166. The predicted molar refractivity (Wildman–Crippen MR) is 72.4 cm³/mol. The number of hydrogen-bond acceptors (Lipinski definition) is 5. The van der Waals surface area contributed by atoms with E-state index in [9.17, 15) is 13.2 Å². The lowest BCUT2D eigenvalue weighted by Gasteiger charge is -2.29. The molecule has 114 valence electrons. The second-order valence-electron chi connectivity index (χ2n) is 6.99. The zero-order valence-electron chi connectivity index (χ0n) is 12.2. The van der Waals surface area contributed by atoms with Gasteiger partial charge in [-0.15, -0.1) is 0 Å². The van der Waals surface area contributed by atoms with Gasteiger partial charge in [-0.05, 0) is 33.1 Å². The maximum Gasteiger partial charge on any atom is 0.311 e. The molecule has 2 aliphatic carbocycles. The van der Waals surface area contributed by atoms with E-state index >= 15 is 0 Å². The topological polar surface area (TPSA) is 69.7 Å². The molecule has 0 N–H and O–H groups in total. The van der Waals surface area contributed by atoms with Crippen molar-refractivity contribution in [3.8, 4) is 0 Å². The maximum absolute atomic E-state index is 12.3. The summed E-state index contributed by atoms with van der Waals surface area (Å²) >= 11 is 0. The average molecular weight is 302 g/mol. The van der Waals surface area contributed by atoms with Crippen LogP contribution in [0, 0.1) is 17.3 Å². The summed E-state index contributed by atoms with van der Waals surface area (Å²) in [6.07, 6.45) is 2.24. The van der Waals surface area contributed by atoms with E-state index < -0.39 is 21.6 Å². The number of carbonyl (C=O) groups is 1. The lowest BCUT2D eigenvalue weighted by atomic mass is 9.87. The fourth-order valence-electron chi connectivity index (χ4n) is 4.05. The molecule has 20 heavy (non-hydrogen) atoms. The van der Waals surface area contributed by atoms with Crippen LogP contribution in [0.3, 0.4) is 0 Å². The monoisotopic (exact) mass is 302 g/mol. The van der Waals surface area contributed by atoms with Crippen molar-refractivity contribution < 1.29 is 22.1 Å². The van der Waals surface area contributed by atoms with Crippen molar-refractivity contribution in [1.82, 2.24) is 0 Å². The molecule has 6 heteroatoms. The predicted octanol–water partition coefficient (Wildman–Crippen LogP) is 1.86. The third-order valence-corrected chi connectivity index (χ3v) is 6.86. The summed E-state index contributed by atoms with van der Waals surface area (Å²) in [4.78, 5) is 12.3. The Balaban J connectivity index is 1.73. The highest BCUT2D eigenvalue weighted by Gasteiger charge is 2.65. The highest BCUT2D eigenvalue weighted by atomic mass is 32.2. The molecule has 0 aromatic carbocycles. The van der Waals surface area contributed by atoms with Crippen LogP contribution in [0.2, 0.25) is 0 Å². The van der Waals surface area contributed by atoms with Gasteiger partial charge in [-0.3, -0.25) is 8.98 Å². The van der Waals surface area contributed by atoms with Gasteiger partial charge in [0.15, 0.2) is 0 Å². The number of fused-ring (bicyclic) bond motifs is 1. The van der Waals surface area contributed by atoms with E-state index in [1.165, 1.54) is 0 Å². The molecular weight excluding hydrogens is 280 g/mol. The van der Waals surface area contributed by atoms with Crippen molar-refractivity contribution in [2.45, 2.75) is 63.9 Å². The minimum atomic E-state index is -3.44. The normalized spacial score (nSPS) is 41.0.